The number of allylic oxidation sites excluding steroid dienone is 2. The zero-order chi connectivity index (χ0) is 22.6. The zero-order valence-electron chi connectivity index (χ0n) is 18.1. The zero-order valence-corrected chi connectivity index (χ0v) is 18.1. The lowest BCUT2D eigenvalue weighted by atomic mass is 9.82. The molecule has 0 spiro atoms. The van der Waals surface area contributed by atoms with Gasteiger partial charge in [0.2, 0.25) is 11.8 Å². The average molecular weight is 432 g/mol. The van der Waals surface area contributed by atoms with E-state index in [2.05, 4.69) is 11.4 Å². The third-order valence-electron chi connectivity index (χ3n) is 6.93. The van der Waals surface area contributed by atoms with Crippen molar-refractivity contribution in [2.75, 3.05) is 24.4 Å². The Bertz CT molecular complexity index is 1150. The lowest BCUT2D eigenvalue weighted by Crippen LogP contribution is -2.33. The molecule has 1 heterocycles. The number of hydrogen-bond acceptors (Lipinski definition) is 5. The second-order valence-electron chi connectivity index (χ2n) is 8.55. The molecule has 0 aromatic heterocycles. The first-order chi connectivity index (χ1) is 15.4. The van der Waals surface area contributed by atoms with Crippen molar-refractivity contribution in [2.24, 2.45) is 23.7 Å². The first-order valence-electron chi connectivity index (χ1n) is 10.6. The molecule has 4 atom stereocenters. The van der Waals surface area contributed by atoms with E-state index in [4.69, 9.17) is 9.47 Å². The van der Waals surface area contributed by atoms with Gasteiger partial charge in [0.1, 0.15) is 11.5 Å². The Kier molecular flexibility index (Phi) is 4.77. The van der Waals surface area contributed by atoms with Gasteiger partial charge < -0.3 is 14.8 Å². The molecule has 0 radical (unpaired) electrons. The third-order valence-corrected chi connectivity index (χ3v) is 6.93. The standard InChI is InChI=1S/C25H24N2O5/c1-13-10-15-11-18(13)22-21(15)24(29)27(25(22)30)16-6-4-14(5-7-16)23(28)26-19-9-8-17(31-2)12-20(19)32-3/h4-10,12,15,18,21-22H,11H2,1-3H3,(H,26,28). The molecule has 4 unspecified atom stereocenters. The maximum atomic E-state index is 13.1. The van der Waals surface area contributed by atoms with Gasteiger partial charge in [-0.25, -0.2) is 0 Å². The molecule has 1 N–H and O–H groups in total. The van der Waals surface area contributed by atoms with E-state index in [0.717, 1.165) is 6.42 Å². The van der Waals surface area contributed by atoms with E-state index < -0.39 is 0 Å². The number of carbonyl (C=O) groups excluding carboxylic acids is 3. The minimum atomic E-state index is -0.325. The number of methoxy groups -OCH3 is 2. The molecule has 5 rings (SSSR count). The summed E-state index contributed by atoms with van der Waals surface area (Å²) in [7, 11) is 3.07. The van der Waals surface area contributed by atoms with Crippen LogP contribution in [0.5, 0.6) is 11.5 Å². The minimum Gasteiger partial charge on any atom is -0.497 e. The second kappa shape index (κ2) is 7.51. The van der Waals surface area contributed by atoms with Crippen molar-refractivity contribution in [1.82, 2.24) is 0 Å². The molecule has 2 aromatic rings. The van der Waals surface area contributed by atoms with E-state index in [1.165, 1.54) is 17.6 Å². The average Bonchev–Trinajstić information content (AvgIpc) is 3.44. The molecule has 32 heavy (non-hydrogen) atoms. The molecule has 1 aliphatic heterocycles. The van der Waals surface area contributed by atoms with E-state index in [0.29, 0.717) is 28.4 Å². The van der Waals surface area contributed by atoms with Gasteiger partial charge in [0, 0.05) is 11.6 Å². The predicted octanol–water partition coefficient (Wildman–Crippen LogP) is 3.66. The molecule has 3 aliphatic rings. The Morgan fingerprint density at radius 2 is 1.72 bits per heavy atom. The lowest BCUT2D eigenvalue weighted by molar-refractivity contribution is -0.123. The Balaban J connectivity index is 1.34. The summed E-state index contributed by atoms with van der Waals surface area (Å²) in [6.45, 7) is 2.05. The minimum absolute atomic E-state index is 0.125. The fourth-order valence-corrected chi connectivity index (χ4v) is 5.39. The van der Waals surface area contributed by atoms with Crippen LogP contribution in [0.1, 0.15) is 23.7 Å². The number of rotatable bonds is 5. The van der Waals surface area contributed by atoms with Crippen LogP contribution < -0.4 is 19.7 Å². The highest BCUT2D eigenvalue weighted by Crippen LogP contribution is 2.55. The highest BCUT2D eigenvalue weighted by molar-refractivity contribution is 6.23. The molecular formula is C25H24N2O5. The van der Waals surface area contributed by atoms with Crippen LogP contribution in [0.25, 0.3) is 0 Å². The number of nitrogens with zero attached hydrogens (tertiary/aromatic N) is 1. The SMILES string of the molecule is COc1ccc(NC(=O)c2ccc(N3C(=O)C4C5C=C(C)C(C5)C4C3=O)cc2)c(OC)c1. The number of fused-ring (bicyclic) bond motifs is 5. The van der Waals surface area contributed by atoms with Crippen molar-refractivity contribution in [1.29, 1.82) is 0 Å². The fraction of sp³-hybridized carbons (Fsp3) is 0.320. The molecular weight excluding hydrogens is 408 g/mol. The Morgan fingerprint density at radius 1 is 1.00 bits per heavy atom. The first-order valence-corrected chi connectivity index (χ1v) is 10.6. The summed E-state index contributed by atoms with van der Waals surface area (Å²) in [5.74, 6) is 0.363. The van der Waals surface area contributed by atoms with Crippen LogP contribution in [0.15, 0.2) is 54.1 Å². The summed E-state index contributed by atoms with van der Waals surface area (Å²) in [5.41, 5.74) is 2.65. The monoisotopic (exact) mass is 432 g/mol. The number of carbonyl (C=O) groups is 3. The molecule has 3 amide bonds. The van der Waals surface area contributed by atoms with Crippen molar-refractivity contribution in [3.63, 3.8) is 0 Å². The molecule has 1 saturated heterocycles. The number of ether oxygens (including phenoxy) is 2. The maximum Gasteiger partial charge on any atom is 0.255 e. The lowest BCUT2D eigenvalue weighted by Gasteiger charge is -2.19. The van der Waals surface area contributed by atoms with Crippen LogP contribution >= 0.6 is 0 Å². The molecule has 2 aromatic carbocycles. The molecule has 7 heteroatoms. The predicted molar refractivity (Wildman–Crippen MR) is 119 cm³/mol. The van der Waals surface area contributed by atoms with Crippen LogP contribution in [-0.2, 0) is 9.59 Å². The summed E-state index contributed by atoms with van der Waals surface area (Å²) in [6, 6.07) is 11.7. The largest absolute Gasteiger partial charge is 0.497 e. The maximum absolute atomic E-state index is 13.1. The van der Waals surface area contributed by atoms with Gasteiger partial charge in [0.15, 0.2) is 0 Å². The number of anilines is 2. The van der Waals surface area contributed by atoms with Crippen LogP contribution in [-0.4, -0.2) is 31.9 Å². The van der Waals surface area contributed by atoms with E-state index >= 15 is 0 Å². The number of imide groups is 1. The molecule has 164 valence electrons. The fourth-order valence-electron chi connectivity index (χ4n) is 5.39. The van der Waals surface area contributed by atoms with E-state index in [1.807, 2.05) is 6.92 Å². The van der Waals surface area contributed by atoms with Gasteiger partial charge in [-0.3, -0.25) is 19.3 Å². The van der Waals surface area contributed by atoms with Crippen molar-refractivity contribution in [3.05, 3.63) is 59.7 Å². The van der Waals surface area contributed by atoms with Gasteiger partial charge in [0.05, 0.1) is 37.4 Å². The topological polar surface area (TPSA) is 84.9 Å². The van der Waals surface area contributed by atoms with Gasteiger partial charge in [-0.1, -0.05) is 11.6 Å². The highest BCUT2D eigenvalue weighted by atomic mass is 16.5. The molecule has 2 aliphatic carbocycles. The molecule has 2 bridgehead atoms. The van der Waals surface area contributed by atoms with Crippen molar-refractivity contribution in [2.45, 2.75) is 13.3 Å². The van der Waals surface area contributed by atoms with Gasteiger partial charge >= 0.3 is 0 Å². The summed E-state index contributed by atoms with van der Waals surface area (Å²) in [6.07, 6.45) is 3.06. The Hall–Kier alpha value is -3.61. The smallest absolute Gasteiger partial charge is 0.255 e. The van der Waals surface area contributed by atoms with Crippen LogP contribution in [0.3, 0.4) is 0 Å². The number of benzene rings is 2. The summed E-state index contributed by atoms with van der Waals surface area (Å²) in [5, 5.41) is 2.82. The van der Waals surface area contributed by atoms with Gasteiger partial charge in [-0.2, -0.15) is 0 Å². The van der Waals surface area contributed by atoms with Crippen molar-refractivity contribution in [3.8, 4) is 11.5 Å². The van der Waals surface area contributed by atoms with Crippen LogP contribution in [0, 0.1) is 23.7 Å². The van der Waals surface area contributed by atoms with Crippen LogP contribution in [0.2, 0.25) is 0 Å². The van der Waals surface area contributed by atoms with Gasteiger partial charge in [-0.15, -0.1) is 0 Å². The first kappa shape index (κ1) is 20.3. The molecule has 2 fully saturated rings. The highest BCUT2D eigenvalue weighted by Gasteiger charge is 2.60. The second-order valence-corrected chi connectivity index (χ2v) is 8.55. The summed E-state index contributed by atoms with van der Waals surface area (Å²) < 4.78 is 10.5. The number of nitrogens with one attached hydrogen (secondary N) is 1. The van der Waals surface area contributed by atoms with Gasteiger partial charge in [0.25, 0.3) is 5.91 Å². The summed E-state index contributed by atoms with van der Waals surface area (Å²) >= 11 is 0. The quantitative estimate of drug-likeness (QED) is 0.576. The van der Waals surface area contributed by atoms with E-state index in [1.54, 1.807) is 49.6 Å². The van der Waals surface area contributed by atoms with Crippen LogP contribution in [0.4, 0.5) is 11.4 Å². The Morgan fingerprint density at radius 3 is 2.41 bits per heavy atom. The third kappa shape index (κ3) is 2.99. The van der Waals surface area contributed by atoms with E-state index in [-0.39, 0.29) is 41.4 Å². The molecule has 7 nitrogen and oxygen atoms in total. The number of hydrogen-bond donors (Lipinski definition) is 1. The van der Waals surface area contributed by atoms with Crippen molar-refractivity contribution >= 4 is 29.1 Å². The summed E-state index contributed by atoms with van der Waals surface area (Å²) in [4.78, 5) is 40.2. The molecule has 1 saturated carbocycles. The van der Waals surface area contributed by atoms with Crippen molar-refractivity contribution < 1.29 is 23.9 Å². The Labute approximate surface area is 186 Å². The van der Waals surface area contributed by atoms with Gasteiger partial charge in [-0.05, 0) is 61.6 Å². The van der Waals surface area contributed by atoms with E-state index in [9.17, 15) is 14.4 Å². The number of amides is 3. The normalized spacial score (nSPS) is 25.6.